The van der Waals surface area contributed by atoms with E-state index in [0.717, 1.165) is 4.88 Å². The summed E-state index contributed by atoms with van der Waals surface area (Å²) in [5.41, 5.74) is -0.727. The van der Waals surface area contributed by atoms with Gasteiger partial charge in [-0.1, -0.05) is 20.8 Å². The van der Waals surface area contributed by atoms with Crippen LogP contribution in [-0.2, 0) is 16.1 Å². The van der Waals surface area contributed by atoms with E-state index in [1.54, 1.807) is 16.2 Å². The first-order chi connectivity index (χ1) is 9.97. The molecule has 1 unspecified atom stereocenters. The highest BCUT2D eigenvalue weighted by molar-refractivity contribution is 7.11. The van der Waals surface area contributed by atoms with Crippen LogP contribution >= 0.6 is 11.3 Å². The number of rotatable bonds is 5. The van der Waals surface area contributed by atoms with E-state index in [-0.39, 0.29) is 17.9 Å². The van der Waals surface area contributed by atoms with Crippen molar-refractivity contribution in [2.24, 2.45) is 0 Å². The van der Waals surface area contributed by atoms with Crippen molar-refractivity contribution in [3.63, 3.8) is 0 Å². The van der Waals surface area contributed by atoms with E-state index in [9.17, 15) is 9.59 Å². The summed E-state index contributed by atoms with van der Waals surface area (Å²) >= 11 is 1.69. The Kier molecular flexibility index (Phi) is 4.71. The fourth-order valence-corrected chi connectivity index (χ4v) is 3.87. The van der Waals surface area contributed by atoms with Crippen LogP contribution in [0.3, 0.4) is 0 Å². The van der Waals surface area contributed by atoms with Gasteiger partial charge in [-0.25, -0.2) is 0 Å². The van der Waals surface area contributed by atoms with E-state index < -0.39 is 5.54 Å². The molecule has 4 nitrogen and oxygen atoms in total. The molecule has 116 valence electrons. The molecule has 0 bridgehead atoms. The topological polar surface area (TPSA) is 49.4 Å². The predicted molar refractivity (Wildman–Crippen MR) is 85.1 cm³/mol. The molecule has 1 fully saturated rings. The van der Waals surface area contributed by atoms with Gasteiger partial charge in [0.1, 0.15) is 11.6 Å². The molecule has 2 heterocycles. The van der Waals surface area contributed by atoms with Crippen LogP contribution in [0.15, 0.2) is 12.1 Å². The van der Waals surface area contributed by atoms with Crippen LogP contribution in [0.4, 0.5) is 0 Å². The first kappa shape index (κ1) is 16.0. The summed E-state index contributed by atoms with van der Waals surface area (Å²) in [6.07, 6.45) is 1.90. The van der Waals surface area contributed by atoms with Gasteiger partial charge >= 0.3 is 0 Å². The van der Waals surface area contributed by atoms with Crippen LogP contribution in [-0.4, -0.2) is 28.3 Å². The molecule has 1 aliphatic rings. The number of nitrogens with zero attached hydrogens (tertiary/aromatic N) is 1. The van der Waals surface area contributed by atoms with E-state index >= 15 is 0 Å². The van der Waals surface area contributed by atoms with Crippen molar-refractivity contribution in [3.8, 4) is 0 Å². The van der Waals surface area contributed by atoms with Gasteiger partial charge in [-0.2, -0.15) is 0 Å². The lowest BCUT2D eigenvalue weighted by molar-refractivity contribution is -0.156. The number of piperazine rings is 1. The monoisotopic (exact) mass is 308 g/mol. The number of thiophene rings is 1. The Balaban J connectivity index is 2.32. The number of hydrogen-bond acceptors (Lipinski definition) is 3. The van der Waals surface area contributed by atoms with Gasteiger partial charge in [0.2, 0.25) is 11.8 Å². The van der Waals surface area contributed by atoms with Crippen molar-refractivity contribution in [3.05, 3.63) is 21.9 Å². The number of aryl methyl sites for hydroxylation is 1. The largest absolute Gasteiger partial charge is 0.340 e. The Morgan fingerprint density at radius 1 is 1.24 bits per heavy atom. The number of nitrogens with one attached hydrogen (secondary N) is 1. The summed E-state index contributed by atoms with van der Waals surface area (Å²) in [5, 5.41) is 2.97. The molecule has 0 saturated carbocycles. The van der Waals surface area contributed by atoms with Crippen LogP contribution in [0.2, 0.25) is 0 Å². The number of carbonyl (C=O) groups is 2. The highest BCUT2D eigenvalue weighted by Crippen LogP contribution is 2.29. The van der Waals surface area contributed by atoms with Gasteiger partial charge in [-0.15, -0.1) is 11.3 Å². The molecular formula is C16H24N2O2S. The molecule has 0 aliphatic carbocycles. The van der Waals surface area contributed by atoms with E-state index in [4.69, 9.17) is 0 Å². The molecule has 21 heavy (non-hydrogen) atoms. The second kappa shape index (κ2) is 6.18. The van der Waals surface area contributed by atoms with Crippen molar-refractivity contribution in [1.29, 1.82) is 0 Å². The SMILES string of the molecule is CCC1C(=O)NC(CC)(CC)C(=O)N1Cc1ccc(C)s1. The second-order valence-corrected chi connectivity index (χ2v) is 7.02. The highest BCUT2D eigenvalue weighted by Gasteiger charge is 2.48. The molecule has 1 aromatic heterocycles. The molecule has 5 heteroatoms. The Morgan fingerprint density at radius 2 is 1.90 bits per heavy atom. The summed E-state index contributed by atoms with van der Waals surface area (Å²) < 4.78 is 0. The fraction of sp³-hybridized carbons (Fsp3) is 0.625. The molecule has 1 atom stereocenters. The summed E-state index contributed by atoms with van der Waals surface area (Å²) in [7, 11) is 0. The van der Waals surface area contributed by atoms with Crippen molar-refractivity contribution >= 4 is 23.2 Å². The van der Waals surface area contributed by atoms with Gasteiger partial charge in [0, 0.05) is 9.75 Å². The van der Waals surface area contributed by atoms with Crippen molar-refractivity contribution < 1.29 is 9.59 Å². The third-order valence-electron chi connectivity index (χ3n) is 4.43. The van der Waals surface area contributed by atoms with E-state index in [1.807, 2.05) is 26.8 Å². The maximum atomic E-state index is 13.0. The molecule has 0 aromatic carbocycles. The summed E-state index contributed by atoms with van der Waals surface area (Å²) in [4.78, 5) is 29.5. The quantitative estimate of drug-likeness (QED) is 0.909. The number of hydrogen-bond donors (Lipinski definition) is 1. The number of amides is 2. The minimum Gasteiger partial charge on any atom is -0.340 e. The van der Waals surface area contributed by atoms with Crippen LogP contribution < -0.4 is 5.32 Å². The lowest BCUT2D eigenvalue weighted by atomic mass is 9.86. The molecular weight excluding hydrogens is 284 g/mol. The van der Waals surface area contributed by atoms with Crippen molar-refractivity contribution in [1.82, 2.24) is 10.2 Å². The second-order valence-electron chi connectivity index (χ2n) is 5.65. The highest BCUT2D eigenvalue weighted by atomic mass is 32.1. The number of carbonyl (C=O) groups excluding carboxylic acids is 2. The predicted octanol–water partition coefficient (Wildman–Crippen LogP) is 2.85. The minimum atomic E-state index is -0.727. The third-order valence-corrected chi connectivity index (χ3v) is 5.41. The van der Waals surface area contributed by atoms with E-state index in [0.29, 0.717) is 25.8 Å². The molecule has 0 radical (unpaired) electrons. The zero-order valence-electron chi connectivity index (χ0n) is 13.2. The normalized spacial score (nSPS) is 21.5. The maximum absolute atomic E-state index is 13.0. The molecule has 1 aliphatic heterocycles. The first-order valence-electron chi connectivity index (χ1n) is 7.65. The Hall–Kier alpha value is -1.36. The zero-order valence-corrected chi connectivity index (χ0v) is 14.0. The zero-order chi connectivity index (χ0) is 15.6. The molecule has 2 rings (SSSR count). The van der Waals surface area contributed by atoms with Gasteiger partial charge in [-0.3, -0.25) is 9.59 Å². The van der Waals surface area contributed by atoms with Crippen molar-refractivity contribution in [2.45, 2.75) is 65.1 Å². The average molecular weight is 308 g/mol. The summed E-state index contributed by atoms with van der Waals surface area (Å²) in [6, 6.07) is 3.75. The standard InChI is InChI=1S/C16H24N2O2S/c1-5-13-14(19)17-16(6-2,7-3)15(20)18(13)10-12-9-8-11(4)21-12/h8-9,13H,5-7,10H2,1-4H3,(H,17,19). The molecule has 0 spiro atoms. The van der Waals surface area contributed by atoms with Gasteiger partial charge in [-0.05, 0) is 38.3 Å². The van der Waals surface area contributed by atoms with Crippen LogP contribution in [0, 0.1) is 6.92 Å². The van der Waals surface area contributed by atoms with Gasteiger partial charge in [0.15, 0.2) is 0 Å². The lowest BCUT2D eigenvalue weighted by Crippen LogP contribution is -2.69. The van der Waals surface area contributed by atoms with E-state index in [2.05, 4.69) is 18.3 Å². The summed E-state index contributed by atoms with van der Waals surface area (Å²) in [5.74, 6) is 0.0408. The maximum Gasteiger partial charge on any atom is 0.249 e. The molecule has 1 aromatic rings. The molecule has 1 N–H and O–H groups in total. The smallest absolute Gasteiger partial charge is 0.249 e. The minimum absolute atomic E-state index is 0.0194. The Bertz CT molecular complexity index is 534. The van der Waals surface area contributed by atoms with Crippen LogP contribution in [0.5, 0.6) is 0 Å². The van der Waals surface area contributed by atoms with Crippen molar-refractivity contribution in [2.75, 3.05) is 0 Å². The van der Waals surface area contributed by atoms with Gasteiger partial charge in [0.05, 0.1) is 6.54 Å². The molecule has 1 saturated heterocycles. The lowest BCUT2D eigenvalue weighted by Gasteiger charge is -2.45. The van der Waals surface area contributed by atoms with Gasteiger partial charge in [0.25, 0.3) is 0 Å². The Labute approximate surface area is 130 Å². The van der Waals surface area contributed by atoms with Gasteiger partial charge < -0.3 is 10.2 Å². The van der Waals surface area contributed by atoms with Crippen LogP contribution in [0.25, 0.3) is 0 Å². The first-order valence-corrected chi connectivity index (χ1v) is 8.47. The summed E-state index contributed by atoms with van der Waals surface area (Å²) in [6.45, 7) is 8.46. The molecule has 2 amide bonds. The average Bonchev–Trinajstić information content (AvgIpc) is 2.88. The fourth-order valence-electron chi connectivity index (χ4n) is 2.99. The van der Waals surface area contributed by atoms with Crippen LogP contribution in [0.1, 0.15) is 49.8 Å². The van der Waals surface area contributed by atoms with E-state index in [1.165, 1.54) is 4.88 Å². The Morgan fingerprint density at radius 3 is 2.38 bits per heavy atom. The third kappa shape index (κ3) is 2.84.